The molecular weight excluding hydrogens is 330 g/mol. The van der Waals surface area contributed by atoms with Gasteiger partial charge in [-0.2, -0.15) is 0 Å². The van der Waals surface area contributed by atoms with Gasteiger partial charge in [-0.1, -0.05) is 18.2 Å². The Morgan fingerprint density at radius 2 is 1.54 bits per heavy atom. The zero-order valence-electron chi connectivity index (χ0n) is 14.7. The minimum atomic E-state index is -0.797. The van der Waals surface area contributed by atoms with Gasteiger partial charge >= 0.3 is 0 Å². The van der Waals surface area contributed by atoms with Crippen LogP contribution in [-0.4, -0.2) is 37.6 Å². The highest BCUT2D eigenvalue weighted by atomic mass is 16.5. The number of methoxy groups -OCH3 is 1. The fourth-order valence-electron chi connectivity index (χ4n) is 3.03. The van der Waals surface area contributed by atoms with Gasteiger partial charge in [0.15, 0.2) is 0 Å². The summed E-state index contributed by atoms with van der Waals surface area (Å²) >= 11 is 0. The van der Waals surface area contributed by atoms with E-state index in [-0.39, 0.29) is 11.8 Å². The first kappa shape index (κ1) is 18.1. The quantitative estimate of drug-likeness (QED) is 0.772. The third-order valence-electron chi connectivity index (χ3n) is 4.65. The van der Waals surface area contributed by atoms with Crippen molar-refractivity contribution in [3.8, 4) is 0 Å². The van der Waals surface area contributed by atoms with Gasteiger partial charge in [-0.25, -0.2) is 0 Å². The van der Waals surface area contributed by atoms with Crippen molar-refractivity contribution in [2.45, 2.75) is 18.4 Å². The van der Waals surface area contributed by atoms with E-state index in [9.17, 15) is 9.59 Å². The Kier molecular flexibility index (Phi) is 5.65. The molecule has 3 N–H and O–H groups in total. The Balaban J connectivity index is 1.64. The van der Waals surface area contributed by atoms with Crippen LogP contribution in [0.25, 0.3) is 0 Å². The SMILES string of the molecule is COC1(C(=O)Nc2ccc(C(=O)Nc3ccccc3)cc2)CCNCC1. The molecule has 2 aromatic carbocycles. The summed E-state index contributed by atoms with van der Waals surface area (Å²) in [4.78, 5) is 24.9. The van der Waals surface area contributed by atoms with E-state index < -0.39 is 5.60 Å². The van der Waals surface area contributed by atoms with Gasteiger partial charge in [0.1, 0.15) is 5.60 Å². The minimum Gasteiger partial charge on any atom is -0.368 e. The van der Waals surface area contributed by atoms with Crippen molar-refractivity contribution < 1.29 is 14.3 Å². The lowest BCUT2D eigenvalue weighted by Gasteiger charge is -2.34. The highest BCUT2D eigenvalue weighted by Crippen LogP contribution is 2.24. The lowest BCUT2D eigenvalue weighted by atomic mass is 9.91. The third kappa shape index (κ3) is 4.09. The summed E-state index contributed by atoms with van der Waals surface area (Å²) < 4.78 is 5.52. The molecule has 2 amide bonds. The number of ether oxygens (including phenoxy) is 1. The molecular formula is C20H23N3O3. The van der Waals surface area contributed by atoms with Crippen LogP contribution in [0.1, 0.15) is 23.2 Å². The predicted molar refractivity (Wildman–Crippen MR) is 101 cm³/mol. The minimum absolute atomic E-state index is 0.150. The van der Waals surface area contributed by atoms with Crippen molar-refractivity contribution in [2.24, 2.45) is 0 Å². The molecule has 6 nitrogen and oxygen atoms in total. The summed E-state index contributed by atoms with van der Waals surface area (Å²) in [5.74, 6) is -0.344. The van der Waals surface area contributed by atoms with Gasteiger partial charge in [0.2, 0.25) is 0 Å². The van der Waals surface area contributed by atoms with E-state index in [1.54, 1.807) is 31.4 Å². The van der Waals surface area contributed by atoms with Crippen LogP contribution in [0.15, 0.2) is 54.6 Å². The van der Waals surface area contributed by atoms with E-state index in [0.717, 1.165) is 18.8 Å². The average Bonchev–Trinajstić information content (AvgIpc) is 2.69. The number of carbonyl (C=O) groups excluding carboxylic acids is 2. The molecule has 1 saturated heterocycles. The van der Waals surface area contributed by atoms with Crippen LogP contribution < -0.4 is 16.0 Å². The third-order valence-corrected chi connectivity index (χ3v) is 4.65. The molecule has 1 aliphatic rings. The number of benzene rings is 2. The summed E-state index contributed by atoms with van der Waals surface area (Å²) in [6.07, 6.45) is 1.26. The number of para-hydroxylation sites is 1. The Bertz CT molecular complexity index is 754. The van der Waals surface area contributed by atoms with Gasteiger partial charge in [0, 0.05) is 24.0 Å². The van der Waals surface area contributed by atoms with Gasteiger partial charge < -0.3 is 20.7 Å². The Morgan fingerprint density at radius 1 is 0.923 bits per heavy atom. The smallest absolute Gasteiger partial charge is 0.256 e. The standard InChI is InChI=1S/C20H23N3O3/c1-26-20(11-13-21-14-12-20)19(25)23-17-9-7-15(8-10-17)18(24)22-16-5-3-2-4-6-16/h2-10,21H,11-14H2,1H3,(H,22,24)(H,23,25). The molecule has 136 valence electrons. The van der Waals surface area contributed by atoms with Crippen LogP contribution in [0.4, 0.5) is 11.4 Å². The lowest BCUT2D eigenvalue weighted by molar-refractivity contribution is -0.140. The highest BCUT2D eigenvalue weighted by molar-refractivity contribution is 6.05. The van der Waals surface area contributed by atoms with Crippen molar-refractivity contribution in [2.75, 3.05) is 30.8 Å². The van der Waals surface area contributed by atoms with Gasteiger partial charge in [0.05, 0.1) is 0 Å². The number of carbonyl (C=O) groups is 2. The van der Waals surface area contributed by atoms with E-state index in [2.05, 4.69) is 16.0 Å². The molecule has 0 atom stereocenters. The number of rotatable bonds is 5. The maximum atomic E-state index is 12.6. The molecule has 2 aromatic rings. The van der Waals surface area contributed by atoms with Gasteiger partial charge in [-0.3, -0.25) is 9.59 Å². The summed E-state index contributed by atoms with van der Waals surface area (Å²) in [6.45, 7) is 1.50. The van der Waals surface area contributed by atoms with Crippen molar-refractivity contribution in [3.05, 3.63) is 60.2 Å². The predicted octanol–water partition coefficient (Wildman–Crippen LogP) is 2.65. The normalized spacial score (nSPS) is 15.9. The first-order valence-corrected chi connectivity index (χ1v) is 8.67. The van der Waals surface area contributed by atoms with E-state index >= 15 is 0 Å². The number of hydrogen-bond acceptors (Lipinski definition) is 4. The molecule has 1 heterocycles. The molecule has 0 saturated carbocycles. The van der Waals surface area contributed by atoms with Crippen LogP contribution in [0.5, 0.6) is 0 Å². The molecule has 0 unspecified atom stereocenters. The molecule has 0 spiro atoms. The van der Waals surface area contributed by atoms with Crippen LogP contribution in [-0.2, 0) is 9.53 Å². The number of piperidine rings is 1. The van der Waals surface area contributed by atoms with Crippen LogP contribution in [0.2, 0.25) is 0 Å². The van der Waals surface area contributed by atoms with Crippen molar-refractivity contribution in [3.63, 3.8) is 0 Å². The molecule has 0 radical (unpaired) electrons. The van der Waals surface area contributed by atoms with Crippen molar-refractivity contribution in [1.82, 2.24) is 5.32 Å². The Morgan fingerprint density at radius 3 is 2.15 bits per heavy atom. The fourth-order valence-corrected chi connectivity index (χ4v) is 3.03. The topological polar surface area (TPSA) is 79.5 Å². The summed E-state index contributed by atoms with van der Waals surface area (Å²) in [5, 5.41) is 8.96. The van der Waals surface area contributed by atoms with Gasteiger partial charge in [-0.15, -0.1) is 0 Å². The molecule has 6 heteroatoms. The summed E-state index contributed by atoms with van der Waals surface area (Å²) in [7, 11) is 1.57. The van der Waals surface area contributed by atoms with Gasteiger partial charge in [0.25, 0.3) is 11.8 Å². The van der Waals surface area contributed by atoms with Gasteiger partial charge in [-0.05, 0) is 62.3 Å². The maximum absolute atomic E-state index is 12.6. The molecule has 1 fully saturated rings. The number of anilines is 2. The van der Waals surface area contributed by atoms with E-state index in [1.165, 1.54) is 0 Å². The molecule has 1 aliphatic heterocycles. The molecule has 0 aromatic heterocycles. The zero-order chi connectivity index (χ0) is 18.4. The Labute approximate surface area is 152 Å². The van der Waals surface area contributed by atoms with Crippen LogP contribution >= 0.6 is 0 Å². The zero-order valence-corrected chi connectivity index (χ0v) is 14.7. The molecule has 0 bridgehead atoms. The first-order valence-electron chi connectivity index (χ1n) is 8.67. The van der Waals surface area contributed by atoms with Crippen molar-refractivity contribution >= 4 is 23.2 Å². The second-order valence-corrected chi connectivity index (χ2v) is 6.30. The fraction of sp³-hybridized carbons (Fsp3) is 0.300. The van der Waals surface area contributed by atoms with E-state index in [1.807, 2.05) is 30.3 Å². The number of hydrogen-bond donors (Lipinski definition) is 3. The maximum Gasteiger partial charge on any atom is 0.256 e. The highest BCUT2D eigenvalue weighted by Gasteiger charge is 2.39. The van der Waals surface area contributed by atoms with E-state index in [0.29, 0.717) is 24.1 Å². The second kappa shape index (κ2) is 8.12. The molecule has 3 rings (SSSR count). The Hall–Kier alpha value is -2.70. The lowest BCUT2D eigenvalue weighted by Crippen LogP contribution is -2.51. The monoisotopic (exact) mass is 353 g/mol. The number of nitrogens with one attached hydrogen (secondary N) is 3. The average molecular weight is 353 g/mol. The van der Waals surface area contributed by atoms with Crippen molar-refractivity contribution in [1.29, 1.82) is 0 Å². The van der Waals surface area contributed by atoms with E-state index in [4.69, 9.17) is 4.74 Å². The number of amides is 2. The molecule has 0 aliphatic carbocycles. The summed E-state index contributed by atoms with van der Waals surface area (Å²) in [6, 6.07) is 16.1. The summed E-state index contributed by atoms with van der Waals surface area (Å²) in [5.41, 5.74) is 1.11. The molecule has 26 heavy (non-hydrogen) atoms. The second-order valence-electron chi connectivity index (χ2n) is 6.30. The van der Waals surface area contributed by atoms with Crippen LogP contribution in [0.3, 0.4) is 0 Å². The first-order chi connectivity index (χ1) is 12.6. The largest absolute Gasteiger partial charge is 0.368 e. The van der Waals surface area contributed by atoms with Crippen LogP contribution in [0, 0.1) is 0 Å².